The van der Waals surface area contributed by atoms with E-state index in [1.54, 1.807) is 0 Å². The van der Waals surface area contributed by atoms with Gasteiger partial charge in [-0.2, -0.15) is 0 Å². The lowest BCUT2D eigenvalue weighted by Crippen LogP contribution is -2.41. The van der Waals surface area contributed by atoms with E-state index in [1.165, 1.54) is 5.57 Å². The maximum atomic E-state index is 9.00. The van der Waals surface area contributed by atoms with Crippen LogP contribution in [-0.4, -0.2) is 26.6 Å². The Hall–Kier alpha value is -0.123. The minimum absolute atomic E-state index is 0.159. The number of rotatable bonds is 5. The third kappa shape index (κ3) is 4.81. The van der Waals surface area contributed by atoms with Crippen molar-refractivity contribution in [3.05, 3.63) is 11.1 Å². The van der Waals surface area contributed by atoms with Crippen molar-refractivity contribution in [2.45, 2.75) is 59.2 Å². The van der Waals surface area contributed by atoms with Crippen LogP contribution < -0.4 is 0 Å². The summed E-state index contributed by atoms with van der Waals surface area (Å²) in [7, 11) is -1.60. The molecule has 0 radical (unpaired) electrons. The van der Waals surface area contributed by atoms with Crippen molar-refractivity contribution in [1.29, 1.82) is 0 Å². The molecule has 16 heavy (non-hydrogen) atoms. The third-order valence-electron chi connectivity index (χ3n) is 3.71. The molecule has 96 valence electrons. The third-order valence-corrected chi connectivity index (χ3v) is 8.25. The molecule has 0 bridgehead atoms. The van der Waals surface area contributed by atoms with Gasteiger partial charge >= 0.3 is 0 Å². The summed E-state index contributed by atoms with van der Waals surface area (Å²) in [5.74, 6) is 0. The van der Waals surface area contributed by atoms with E-state index in [2.05, 4.69) is 40.8 Å². The van der Waals surface area contributed by atoms with Crippen LogP contribution in [0.1, 0.15) is 41.0 Å². The van der Waals surface area contributed by atoms with E-state index < -0.39 is 8.32 Å². The maximum absolute atomic E-state index is 9.00. The molecule has 0 fully saturated rings. The summed E-state index contributed by atoms with van der Waals surface area (Å²) in [6.07, 6.45) is 0.929. The van der Waals surface area contributed by atoms with Crippen LogP contribution >= 0.6 is 0 Å². The standard InChI is InChI=1S/C13H28O2Si/c1-11(12(2)10-14)8-9-15-16(6,7)13(3,4)5/h14H,8-10H2,1-7H3/b12-11-. The Balaban J connectivity index is 4.19. The highest BCUT2D eigenvalue weighted by Crippen LogP contribution is 2.36. The summed E-state index contributed by atoms with van der Waals surface area (Å²) < 4.78 is 6.08. The predicted molar refractivity (Wildman–Crippen MR) is 73.2 cm³/mol. The summed E-state index contributed by atoms with van der Waals surface area (Å²) in [4.78, 5) is 0. The molecule has 0 aliphatic heterocycles. The Morgan fingerprint density at radius 2 is 1.62 bits per heavy atom. The Labute approximate surface area is 102 Å². The van der Waals surface area contributed by atoms with Crippen molar-refractivity contribution in [2.24, 2.45) is 0 Å². The molecular formula is C13H28O2Si. The van der Waals surface area contributed by atoms with Gasteiger partial charge in [-0.05, 0) is 44.0 Å². The zero-order valence-corrected chi connectivity index (χ0v) is 13.0. The SMILES string of the molecule is C/C(CO)=C(\C)CCO[Si](C)(C)C(C)(C)C. The van der Waals surface area contributed by atoms with Crippen LogP contribution in [0.4, 0.5) is 0 Å². The smallest absolute Gasteiger partial charge is 0.191 e. The van der Waals surface area contributed by atoms with Crippen LogP contribution in [0.25, 0.3) is 0 Å². The quantitative estimate of drug-likeness (QED) is 0.590. The lowest BCUT2D eigenvalue weighted by Gasteiger charge is -2.36. The summed E-state index contributed by atoms with van der Waals surface area (Å²) in [5, 5.41) is 9.28. The first-order valence-corrected chi connectivity index (χ1v) is 8.92. The second-order valence-electron chi connectivity index (χ2n) is 6.08. The Morgan fingerprint density at radius 1 is 1.12 bits per heavy atom. The van der Waals surface area contributed by atoms with Gasteiger partial charge < -0.3 is 9.53 Å². The van der Waals surface area contributed by atoms with Gasteiger partial charge in [0.2, 0.25) is 0 Å². The van der Waals surface area contributed by atoms with Crippen molar-refractivity contribution in [3.8, 4) is 0 Å². The molecule has 0 saturated heterocycles. The molecule has 0 saturated carbocycles. The highest BCUT2D eigenvalue weighted by Gasteiger charge is 2.36. The first kappa shape index (κ1) is 15.9. The van der Waals surface area contributed by atoms with Crippen LogP contribution in [0.3, 0.4) is 0 Å². The van der Waals surface area contributed by atoms with Crippen LogP contribution in [0.15, 0.2) is 11.1 Å². The molecule has 0 atom stereocenters. The molecule has 0 aliphatic rings. The van der Waals surface area contributed by atoms with Gasteiger partial charge in [0.05, 0.1) is 6.61 Å². The largest absolute Gasteiger partial charge is 0.417 e. The Morgan fingerprint density at radius 3 is 2.00 bits per heavy atom. The van der Waals surface area contributed by atoms with Gasteiger partial charge in [0.1, 0.15) is 0 Å². The lowest BCUT2D eigenvalue weighted by molar-refractivity contribution is 0.289. The fourth-order valence-electron chi connectivity index (χ4n) is 1.02. The minimum atomic E-state index is -1.60. The van der Waals surface area contributed by atoms with E-state index in [-0.39, 0.29) is 11.6 Å². The molecule has 0 aromatic heterocycles. The highest BCUT2D eigenvalue weighted by atomic mass is 28.4. The van der Waals surface area contributed by atoms with E-state index >= 15 is 0 Å². The first-order valence-electron chi connectivity index (χ1n) is 6.02. The van der Waals surface area contributed by atoms with Gasteiger partial charge in [-0.3, -0.25) is 0 Å². The Bertz CT molecular complexity index is 249. The molecule has 1 N–H and O–H groups in total. The van der Waals surface area contributed by atoms with Crippen molar-refractivity contribution in [2.75, 3.05) is 13.2 Å². The highest BCUT2D eigenvalue weighted by molar-refractivity contribution is 6.74. The summed E-state index contributed by atoms with van der Waals surface area (Å²) in [6.45, 7) is 16.3. The first-order chi connectivity index (χ1) is 7.12. The molecule has 0 aromatic rings. The van der Waals surface area contributed by atoms with Crippen molar-refractivity contribution < 1.29 is 9.53 Å². The Kier molecular flexibility index (Phi) is 5.94. The van der Waals surface area contributed by atoms with E-state index in [0.717, 1.165) is 18.6 Å². The molecule has 0 aromatic carbocycles. The normalized spacial score (nSPS) is 15.0. The molecular weight excluding hydrogens is 216 g/mol. The molecule has 0 aliphatic carbocycles. The van der Waals surface area contributed by atoms with Crippen LogP contribution in [0, 0.1) is 0 Å². The fourth-order valence-corrected chi connectivity index (χ4v) is 2.07. The van der Waals surface area contributed by atoms with Gasteiger partial charge in [0.15, 0.2) is 8.32 Å². The summed E-state index contributed by atoms with van der Waals surface area (Å²) in [5.41, 5.74) is 2.32. The molecule has 0 heterocycles. The maximum Gasteiger partial charge on any atom is 0.191 e. The zero-order chi connectivity index (χ0) is 13.0. The van der Waals surface area contributed by atoms with Gasteiger partial charge in [-0.1, -0.05) is 26.3 Å². The van der Waals surface area contributed by atoms with Crippen LogP contribution in [0.2, 0.25) is 18.1 Å². The van der Waals surface area contributed by atoms with Crippen LogP contribution in [-0.2, 0) is 4.43 Å². The molecule has 0 amide bonds. The van der Waals surface area contributed by atoms with E-state index in [9.17, 15) is 0 Å². The molecule has 3 heteroatoms. The van der Waals surface area contributed by atoms with E-state index in [1.807, 2.05) is 6.92 Å². The minimum Gasteiger partial charge on any atom is -0.417 e. The second kappa shape index (κ2) is 5.99. The average Bonchev–Trinajstić information content (AvgIpc) is 2.14. The molecule has 0 rings (SSSR count). The van der Waals surface area contributed by atoms with Crippen molar-refractivity contribution in [3.63, 3.8) is 0 Å². The zero-order valence-electron chi connectivity index (χ0n) is 12.0. The monoisotopic (exact) mass is 244 g/mol. The second-order valence-corrected chi connectivity index (χ2v) is 10.9. The van der Waals surface area contributed by atoms with E-state index in [0.29, 0.717) is 0 Å². The van der Waals surface area contributed by atoms with Crippen molar-refractivity contribution >= 4 is 8.32 Å². The lowest BCUT2D eigenvalue weighted by atomic mass is 10.1. The van der Waals surface area contributed by atoms with Gasteiger partial charge in [-0.15, -0.1) is 0 Å². The van der Waals surface area contributed by atoms with E-state index in [4.69, 9.17) is 9.53 Å². The van der Waals surface area contributed by atoms with Crippen LogP contribution in [0.5, 0.6) is 0 Å². The number of hydrogen-bond donors (Lipinski definition) is 1. The number of hydrogen-bond acceptors (Lipinski definition) is 2. The molecule has 0 unspecified atom stereocenters. The molecule has 0 spiro atoms. The summed E-state index contributed by atoms with van der Waals surface area (Å²) in [6, 6.07) is 0. The molecule has 2 nitrogen and oxygen atoms in total. The number of aliphatic hydroxyl groups is 1. The number of aliphatic hydroxyl groups excluding tert-OH is 1. The topological polar surface area (TPSA) is 29.5 Å². The van der Waals surface area contributed by atoms with Gasteiger partial charge in [0, 0.05) is 6.61 Å². The fraction of sp³-hybridized carbons (Fsp3) is 0.846. The average molecular weight is 244 g/mol. The predicted octanol–water partition coefficient (Wildman–Crippen LogP) is 3.73. The summed E-state index contributed by atoms with van der Waals surface area (Å²) >= 11 is 0. The van der Waals surface area contributed by atoms with Gasteiger partial charge in [0.25, 0.3) is 0 Å². The van der Waals surface area contributed by atoms with Crippen molar-refractivity contribution in [1.82, 2.24) is 0 Å². The van der Waals surface area contributed by atoms with Gasteiger partial charge in [-0.25, -0.2) is 0 Å².